The van der Waals surface area contributed by atoms with Crippen molar-refractivity contribution in [2.45, 2.75) is 6.61 Å². The van der Waals surface area contributed by atoms with Crippen LogP contribution in [-0.2, 0) is 6.61 Å². The maximum absolute atomic E-state index is 5.87. The Labute approximate surface area is 130 Å². The quantitative estimate of drug-likeness (QED) is 0.546. The van der Waals surface area contributed by atoms with E-state index in [2.05, 4.69) is 29.7 Å². The highest BCUT2D eigenvalue weighted by Crippen LogP contribution is 2.26. The summed E-state index contributed by atoms with van der Waals surface area (Å²) in [6.45, 7) is 0.564. The lowest BCUT2D eigenvalue weighted by Crippen LogP contribution is -2.06. The number of benzene rings is 3. The molecule has 110 valence electrons. The van der Waals surface area contributed by atoms with E-state index in [1.807, 2.05) is 54.6 Å². The summed E-state index contributed by atoms with van der Waals surface area (Å²) >= 11 is 0. The van der Waals surface area contributed by atoms with E-state index in [4.69, 9.17) is 10.6 Å². The summed E-state index contributed by atoms with van der Waals surface area (Å²) in [5.74, 6) is 6.32. The largest absolute Gasteiger partial charge is 0.489 e. The number of ether oxygens (including phenoxy) is 1. The first-order valence-corrected chi connectivity index (χ1v) is 7.19. The first kappa shape index (κ1) is 14.2. The summed E-state index contributed by atoms with van der Waals surface area (Å²) in [6.07, 6.45) is 0. The molecule has 3 aromatic rings. The maximum atomic E-state index is 5.87. The van der Waals surface area contributed by atoms with Crippen LogP contribution in [0.15, 0.2) is 78.9 Å². The molecule has 3 nitrogen and oxygen atoms in total. The summed E-state index contributed by atoms with van der Waals surface area (Å²) in [5.41, 5.74) is 6.90. The number of hydrazine groups is 1. The highest BCUT2D eigenvalue weighted by Gasteiger charge is 2.02. The van der Waals surface area contributed by atoms with Gasteiger partial charge in [-0.05, 0) is 41.0 Å². The minimum absolute atomic E-state index is 0.564. The molecule has 0 aromatic heterocycles. The van der Waals surface area contributed by atoms with E-state index in [0.29, 0.717) is 6.61 Å². The molecule has 0 heterocycles. The monoisotopic (exact) mass is 290 g/mol. The lowest BCUT2D eigenvalue weighted by atomic mass is 10.0. The Hall–Kier alpha value is -2.78. The lowest BCUT2D eigenvalue weighted by Gasteiger charge is -2.09. The first-order valence-electron chi connectivity index (χ1n) is 7.19. The van der Waals surface area contributed by atoms with Crippen molar-refractivity contribution < 1.29 is 4.74 Å². The number of nitrogens with one attached hydrogen (secondary N) is 1. The van der Waals surface area contributed by atoms with Crippen LogP contribution in [0.3, 0.4) is 0 Å². The third-order valence-corrected chi connectivity index (χ3v) is 3.44. The van der Waals surface area contributed by atoms with Crippen LogP contribution >= 0.6 is 0 Å². The molecule has 3 heteroatoms. The topological polar surface area (TPSA) is 47.3 Å². The van der Waals surface area contributed by atoms with Crippen molar-refractivity contribution in [1.29, 1.82) is 0 Å². The van der Waals surface area contributed by atoms with Crippen molar-refractivity contribution in [3.63, 3.8) is 0 Å². The van der Waals surface area contributed by atoms with Gasteiger partial charge in [-0.25, -0.2) is 0 Å². The third kappa shape index (κ3) is 3.45. The minimum atomic E-state index is 0.564. The Balaban J connectivity index is 1.77. The molecular formula is C19H18N2O. The number of hydrogen-bond acceptors (Lipinski definition) is 3. The second-order valence-electron chi connectivity index (χ2n) is 5.03. The molecule has 0 amide bonds. The zero-order valence-electron chi connectivity index (χ0n) is 12.2. The van der Waals surface area contributed by atoms with E-state index >= 15 is 0 Å². The molecule has 0 unspecified atom stereocenters. The summed E-state index contributed by atoms with van der Waals surface area (Å²) < 4.78 is 5.87. The van der Waals surface area contributed by atoms with Crippen molar-refractivity contribution >= 4 is 5.69 Å². The van der Waals surface area contributed by atoms with Gasteiger partial charge in [-0.3, -0.25) is 5.84 Å². The minimum Gasteiger partial charge on any atom is -0.489 e. The predicted molar refractivity (Wildman–Crippen MR) is 90.5 cm³/mol. The fraction of sp³-hybridized carbons (Fsp3) is 0.0526. The fourth-order valence-electron chi connectivity index (χ4n) is 2.29. The van der Waals surface area contributed by atoms with Crippen LogP contribution in [0.2, 0.25) is 0 Å². The van der Waals surface area contributed by atoms with Gasteiger partial charge in [0.15, 0.2) is 0 Å². The summed E-state index contributed by atoms with van der Waals surface area (Å²) in [5, 5.41) is 0. The zero-order chi connectivity index (χ0) is 15.2. The lowest BCUT2D eigenvalue weighted by molar-refractivity contribution is 0.306. The molecule has 3 N–H and O–H groups in total. The molecule has 22 heavy (non-hydrogen) atoms. The van der Waals surface area contributed by atoms with Crippen molar-refractivity contribution in [3.05, 3.63) is 84.4 Å². The van der Waals surface area contributed by atoms with Gasteiger partial charge in [0, 0.05) is 5.69 Å². The molecule has 0 saturated heterocycles. The van der Waals surface area contributed by atoms with Gasteiger partial charge in [0.05, 0.1) is 0 Å². The average Bonchev–Trinajstić information content (AvgIpc) is 2.61. The molecule has 0 atom stereocenters. The third-order valence-electron chi connectivity index (χ3n) is 3.44. The molecular weight excluding hydrogens is 272 g/mol. The SMILES string of the molecule is NNc1cccc(-c2cccc(OCc3ccccc3)c2)c1. The van der Waals surface area contributed by atoms with E-state index in [1.165, 1.54) is 0 Å². The van der Waals surface area contributed by atoms with E-state index in [1.54, 1.807) is 0 Å². The predicted octanol–water partition coefficient (Wildman–Crippen LogP) is 4.22. The molecule has 0 aliphatic carbocycles. The van der Waals surface area contributed by atoms with Crippen LogP contribution in [0.5, 0.6) is 5.75 Å². The second-order valence-corrected chi connectivity index (χ2v) is 5.03. The van der Waals surface area contributed by atoms with Crippen LogP contribution in [0.1, 0.15) is 5.56 Å². The number of nitrogens with two attached hydrogens (primary N) is 1. The van der Waals surface area contributed by atoms with Crippen molar-refractivity contribution in [2.24, 2.45) is 5.84 Å². The highest BCUT2D eigenvalue weighted by atomic mass is 16.5. The van der Waals surface area contributed by atoms with Crippen molar-refractivity contribution in [1.82, 2.24) is 0 Å². The summed E-state index contributed by atoms with van der Waals surface area (Å²) in [4.78, 5) is 0. The van der Waals surface area contributed by atoms with Gasteiger partial charge in [-0.1, -0.05) is 54.6 Å². The summed E-state index contributed by atoms with van der Waals surface area (Å²) in [6, 6.07) is 26.2. The molecule has 0 spiro atoms. The Kier molecular flexibility index (Phi) is 4.37. The van der Waals surface area contributed by atoms with E-state index < -0.39 is 0 Å². The van der Waals surface area contributed by atoms with Crippen LogP contribution in [0, 0.1) is 0 Å². The van der Waals surface area contributed by atoms with Gasteiger partial charge in [0.25, 0.3) is 0 Å². The van der Waals surface area contributed by atoms with Gasteiger partial charge in [0.1, 0.15) is 12.4 Å². The van der Waals surface area contributed by atoms with Crippen LogP contribution in [0.4, 0.5) is 5.69 Å². The second kappa shape index (κ2) is 6.78. The van der Waals surface area contributed by atoms with Crippen LogP contribution in [0.25, 0.3) is 11.1 Å². The Morgan fingerprint density at radius 1 is 0.773 bits per heavy atom. The first-order chi connectivity index (χ1) is 10.8. The van der Waals surface area contributed by atoms with Gasteiger partial charge in [0.2, 0.25) is 0 Å². The normalized spacial score (nSPS) is 10.2. The number of rotatable bonds is 5. The van der Waals surface area contributed by atoms with Crippen LogP contribution < -0.4 is 16.0 Å². The number of anilines is 1. The van der Waals surface area contributed by atoms with Crippen molar-refractivity contribution in [2.75, 3.05) is 5.43 Å². The highest BCUT2D eigenvalue weighted by molar-refractivity contribution is 5.69. The molecule has 3 aromatic carbocycles. The number of nitrogen functional groups attached to an aromatic ring is 1. The van der Waals surface area contributed by atoms with E-state index in [9.17, 15) is 0 Å². The number of hydrogen-bond donors (Lipinski definition) is 2. The van der Waals surface area contributed by atoms with Gasteiger partial charge < -0.3 is 10.2 Å². The Morgan fingerprint density at radius 3 is 2.27 bits per heavy atom. The molecule has 0 radical (unpaired) electrons. The zero-order valence-corrected chi connectivity index (χ0v) is 12.2. The standard InChI is InChI=1S/C19H18N2O/c20-21-18-10-4-8-16(12-18)17-9-5-11-19(13-17)22-14-15-6-2-1-3-7-15/h1-13,21H,14,20H2. The average molecular weight is 290 g/mol. The molecule has 0 fully saturated rings. The van der Waals surface area contributed by atoms with E-state index in [-0.39, 0.29) is 0 Å². The molecule has 0 saturated carbocycles. The smallest absolute Gasteiger partial charge is 0.120 e. The van der Waals surface area contributed by atoms with Crippen LogP contribution in [-0.4, -0.2) is 0 Å². The van der Waals surface area contributed by atoms with Gasteiger partial charge in [-0.15, -0.1) is 0 Å². The van der Waals surface area contributed by atoms with E-state index in [0.717, 1.165) is 28.1 Å². The maximum Gasteiger partial charge on any atom is 0.120 e. The molecule has 0 bridgehead atoms. The summed E-state index contributed by atoms with van der Waals surface area (Å²) in [7, 11) is 0. The Bertz CT molecular complexity index is 741. The van der Waals surface area contributed by atoms with Crippen molar-refractivity contribution in [3.8, 4) is 16.9 Å². The van der Waals surface area contributed by atoms with Gasteiger partial charge >= 0.3 is 0 Å². The molecule has 0 aliphatic heterocycles. The molecule has 0 aliphatic rings. The Morgan fingerprint density at radius 2 is 1.50 bits per heavy atom. The van der Waals surface area contributed by atoms with Gasteiger partial charge in [-0.2, -0.15) is 0 Å². The molecule has 3 rings (SSSR count). The fourth-order valence-corrected chi connectivity index (χ4v) is 2.29.